The molecule has 110 valence electrons. The molecule has 1 heterocycles. The Morgan fingerprint density at radius 2 is 1.71 bits per heavy atom. The molecule has 0 bridgehead atoms. The number of carbonyl (C=O) groups excluding carboxylic acids is 1. The summed E-state index contributed by atoms with van der Waals surface area (Å²) in [4.78, 5) is 39.7. The first-order valence-corrected chi connectivity index (χ1v) is 6.85. The van der Waals surface area contributed by atoms with Crippen molar-refractivity contribution in [3.05, 3.63) is 38.9 Å². The SMILES string of the molecule is NC1(C(=O)Nc2ccc3[nH]c(=O)c(=O)[nH]c3c2)CCCC1. The summed E-state index contributed by atoms with van der Waals surface area (Å²) in [6.45, 7) is 0. The molecule has 1 aliphatic rings. The van der Waals surface area contributed by atoms with Gasteiger partial charge in [0, 0.05) is 5.69 Å². The first kappa shape index (κ1) is 13.6. The normalized spacial score (nSPS) is 17.0. The molecular weight excluding hydrogens is 272 g/mol. The number of nitrogens with two attached hydrogens (primary N) is 1. The number of nitrogens with one attached hydrogen (secondary N) is 3. The number of anilines is 1. The van der Waals surface area contributed by atoms with E-state index in [0.29, 0.717) is 29.6 Å². The highest BCUT2D eigenvalue weighted by Crippen LogP contribution is 2.28. The van der Waals surface area contributed by atoms with Gasteiger partial charge < -0.3 is 21.0 Å². The van der Waals surface area contributed by atoms with Crippen molar-refractivity contribution in [3.63, 3.8) is 0 Å². The number of aromatic amines is 2. The van der Waals surface area contributed by atoms with Gasteiger partial charge in [0.2, 0.25) is 5.91 Å². The Kier molecular flexibility index (Phi) is 3.13. The molecule has 0 spiro atoms. The third-order valence-corrected chi connectivity index (χ3v) is 3.93. The van der Waals surface area contributed by atoms with Crippen LogP contribution in [0.15, 0.2) is 27.8 Å². The lowest BCUT2D eigenvalue weighted by molar-refractivity contribution is -0.121. The number of carbonyl (C=O) groups is 1. The molecular formula is C14H16N4O3. The molecule has 1 aromatic heterocycles. The van der Waals surface area contributed by atoms with Crippen LogP contribution in [0, 0.1) is 0 Å². The average molecular weight is 288 g/mol. The third-order valence-electron chi connectivity index (χ3n) is 3.93. The highest BCUT2D eigenvalue weighted by atomic mass is 16.2. The van der Waals surface area contributed by atoms with Gasteiger partial charge in [-0.15, -0.1) is 0 Å². The van der Waals surface area contributed by atoms with Gasteiger partial charge in [0.15, 0.2) is 0 Å². The third kappa shape index (κ3) is 2.47. The van der Waals surface area contributed by atoms with E-state index in [1.165, 1.54) is 0 Å². The fraction of sp³-hybridized carbons (Fsp3) is 0.357. The van der Waals surface area contributed by atoms with Crippen LogP contribution in [0.4, 0.5) is 5.69 Å². The number of fused-ring (bicyclic) bond motifs is 1. The van der Waals surface area contributed by atoms with Crippen molar-refractivity contribution in [2.24, 2.45) is 5.73 Å². The summed E-state index contributed by atoms with van der Waals surface area (Å²) in [6, 6.07) is 4.88. The Hall–Kier alpha value is -2.41. The quantitative estimate of drug-likeness (QED) is 0.598. The summed E-state index contributed by atoms with van der Waals surface area (Å²) in [5.74, 6) is -0.217. The minimum absolute atomic E-state index is 0.217. The Labute approximate surface area is 119 Å². The Morgan fingerprint density at radius 3 is 2.38 bits per heavy atom. The summed E-state index contributed by atoms with van der Waals surface area (Å²) in [5.41, 5.74) is 5.34. The Morgan fingerprint density at radius 1 is 1.10 bits per heavy atom. The summed E-state index contributed by atoms with van der Waals surface area (Å²) in [6.07, 6.45) is 3.26. The molecule has 0 saturated heterocycles. The molecule has 3 rings (SSSR count). The van der Waals surface area contributed by atoms with Gasteiger partial charge in [-0.3, -0.25) is 14.4 Å². The summed E-state index contributed by atoms with van der Waals surface area (Å²) in [7, 11) is 0. The number of amides is 1. The van der Waals surface area contributed by atoms with Crippen molar-refractivity contribution in [1.29, 1.82) is 0 Å². The van der Waals surface area contributed by atoms with Gasteiger partial charge in [0.25, 0.3) is 0 Å². The van der Waals surface area contributed by atoms with E-state index in [1.807, 2.05) is 0 Å². The van der Waals surface area contributed by atoms with Crippen molar-refractivity contribution in [2.45, 2.75) is 31.2 Å². The van der Waals surface area contributed by atoms with Crippen LogP contribution < -0.4 is 22.2 Å². The summed E-state index contributed by atoms with van der Waals surface area (Å²) >= 11 is 0. The first-order chi connectivity index (χ1) is 9.98. The smallest absolute Gasteiger partial charge is 0.314 e. The Bertz CT molecular complexity index is 815. The maximum atomic E-state index is 12.2. The van der Waals surface area contributed by atoms with Crippen LogP contribution in [0.25, 0.3) is 11.0 Å². The maximum absolute atomic E-state index is 12.2. The molecule has 7 nitrogen and oxygen atoms in total. The van der Waals surface area contributed by atoms with Crippen molar-refractivity contribution >= 4 is 22.6 Å². The van der Waals surface area contributed by atoms with Crippen LogP contribution in [-0.4, -0.2) is 21.4 Å². The molecule has 5 N–H and O–H groups in total. The first-order valence-electron chi connectivity index (χ1n) is 6.85. The van der Waals surface area contributed by atoms with E-state index < -0.39 is 16.7 Å². The monoisotopic (exact) mass is 288 g/mol. The van der Waals surface area contributed by atoms with E-state index in [1.54, 1.807) is 18.2 Å². The van der Waals surface area contributed by atoms with Crippen LogP contribution in [0.3, 0.4) is 0 Å². The maximum Gasteiger partial charge on any atom is 0.314 e. The molecule has 1 amide bonds. The number of H-pyrrole nitrogens is 2. The molecule has 0 unspecified atom stereocenters. The lowest BCUT2D eigenvalue weighted by Crippen LogP contribution is -2.48. The average Bonchev–Trinajstić information content (AvgIpc) is 2.89. The van der Waals surface area contributed by atoms with E-state index in [0.717, 1.165) is 12.8 Å². The predicted molar refractivity (Wildman–Crippen MR) is 79.2 cm³/mol. The molecule has 1 aliphatic carbocycles. The van der Waals surface area contributed by atoms with Crippen molar-refractivity contribution < 1.29 is 4.79 Å². The molecule has 1 saturated carbocycles. The van der Waals surface area contributed by atoms with E-state index in [2.05, 4.69) is 15.3 Å². The minimum atomic E-state index is -0.812. The molecule has 0 atom stereocenters. The summed E-state index contributed by atoms with van der Waals surface area (Å²) in [5, 5.41) is 2.77. The van der Waals surface area contributed by atoms with Crippen LogP contribution in [0.1, 0.15) is 25.7 Å². The number of hydrogen-bond acceptors (Lipinski definition) is 4. The van der Waals surface area contributed by atoms with E-state index in [-0.39, 0.29) is 5.91 Å². The molecule has 21 heavy (non-hydrogen) atoms. The Balaban J connectivity index is 1.91. The fourth-order valence-corrected chi connectivity index (χ4v) is 2.68. The van der Waals surface area contributed by atoms with Gasteiger partial charge in [-0.05, 0) is 31.0 Å². The molecule has 2 aromatic rings. The van der Waals surface area contributed by atoms with E-state index >= 15 is 0 Å². The van der Waals surface area contributed by atoms with Crippen LogP contribution in [0.2, 0.25) is 0 Å². The van der Waals surface area contributed by atoms with Gasteiger partial charge in [-0.25, -0.2) is 0 Å². The van der Waals surface area contributed by atoms with Crippen molar-refractivity contribution in [3.8, 4) is 0 Å². The predicted octanol–water partition coefficient (Wildman–Crippen LogP) is 0.426. The zero-order chi connectivity index (χ0) is 15.0. The molecule has 0 radical (unpaired) electrons. The van der Waals surface area contributed by atoms with Crippen LogP contribution >= 0.6 is 0 Å². The second-order valence-corrected chi connectivity index (χ2v) is 5.49. The van der Waals surface area contributed by atoms with E-state index in [9.17, 15) is 14.4 Å². The minimum Gasteiger partial charge on any atom is -0.324 e. The van der Waals surface area contributed by atoms with Gasteiger partial charge in [0.1, 0.15) is 0 Å². The number of aromatic nitrogens is 2. The molecule has 0 aliphatic heterocycles. The number of benzene rings is 1. The molecule has 1 aromatic carbocycles. The standard InChI is InChI=1S/C14H16N4O3/c15-14(5-1-2-6-14)13(21)16-8-3-4-9-10(7-8)18-12(20)11(19)17-9/h3-4,7H,1-2,5-6,15H2,(H,16,21)(H,17,19)(H,18,20). The van der Waals surface area contributed by atoms with Gasteiger partial charge in [-0.2, -0.15) is 0 Å². The second kappa shape index (κ2) is 4.85. The van der Waals surface area contributed by atoms with Gasteiger partial charge in [-0.1, -0.05) is 12.8 Å². The van der Waals surface area contributed by atoms with Gasteiger partial charge in [0.05, 0.1) is 16.6 Å². The van der Waals surface area contributed by atoms with Crippen LogP contribution in [-0.2, 0) is 4.79 Å². The van der Waals surface area contributed by atoms with Crippen molar-refractivity contribution in [2.75, 3.05) is 5.32 Å². The zero-order valence-corrected chi connectivity index (χ0v) is 11.4. The van der Waals surface area contributed by atoms with Gasteiger partial charge >= 0.3 is 11.1 Å². The van der Waals surface area contributed by atoms with Crippen LogP contribution in [0.5, 0.6) is 0 Å². The zero-order valence-electron chi connectivity index (χ0n) is 11.4. The number of hydrogen-bond donors (Lipinski definition) is 4. The van der Waals surface area contributed by atoms with Crippen molar-refractivity contribution in [1.82, 2.24) is 9.97 Å². The summed E-state index contributed by atoms with van der Waals surface area (Å²) < 4.78 is 0. The lowest BCUT2D eigenvalue weighted by atomic mass is 9.98. The largest absolute Gasteiger partial charge is 0.324 e. The number of rotatable bonds is 2. The highest BCUT2D eigenvalue weighted by Gasteiger charge is 2.36. The topological polar surface area (TPSA) is 121 Å². The second-order valence-electron chi connectivity index (χ2n) is 5.49. The highest BCUT2D eigenvalue weighted by molar-refractivity contribution is 5.99. The molecule has 1 fully saturated rings. The lowest BCUT2D eigenvalue weighted by Gasteiger charge is -2.22. The fourth-order valence-electron chi connectivity index (χ4n) is 2.68. The van der Waals surface area contributed by atoms with E-state index in [4.69, 9.17) is 5.73 Å². The molecule has 7 heteroatoms.